The summed E-state index contributed by atoms with van der Waals surface area (Å²) in [6.07, 6.45) is 1.71. The third kappa shape index (κ3) is 1.31. The maximum atomic E-state index is 5.50. The molecule has 2 N–H and O–H groups in total. The van der Waals surface area contributed by atoms with Gasteiger partial charge in [-0.1, -0.05) is 0 Å². The molecule has 0 saturated carbocycles. The van der Waals surface area contributed by atoms with Crippen LogP contribution in [0.3, 0.4) is 0 Å². The summed E-state index contributed by atoms with van der Waals surface area (Å²) in [5.74, 6) is 1.30. The standard InChI is InChI=1S/C9H12N4O/c1-6-8(5-10)14-9(12-6)7-3-4-11-13(7)2/h3-4H,5,10H2,1-2H3. The maximum absolute atomic E-state index is 5.50. The van der Waals surface area contributed by atoms with Crippen molar-refractivity contribution in [2.45, 2.75) is 13.5 Å². The van der Waals surface area contributed by atoms with Crippen LogP contribution in [0.5, 0.6) is 0 Å². The van der Waals surface area contributed by atoms with E-state index < -0.39 is 0 Å². The van der Waals surface area contributed by atoms with Gasteiger partial charge in [-0.25, -0.2) is 4.98 Å². The fourth-order valence-corrected chi connectivity index (χ4v) is 1.31. The predicted octanol–water partition coefficient (Wildman–Crippen LogP) is 0.842. The molecule has 2 heterocycles. The Morgan fingerprint density at radius 2 is 2.36 bits per heavy atom. The fraction of sp³-hybridized carbons (Fsp3) is 0.333. The van der Waals surface area contributed by atoms with Gasteiger partial charge in [-0.05, 0) is 13.0 Å². The van der Waals surface area contributed by atoms with Gasteiger partial charge >= 0.3 is 0 Å². The summed E-state index contributed by atoms with van der Waals surface area (Å²) in [7, 11) is 1.84. The molecule has 0 saturated heterocycles. The van der Waals surface area contributed by atoms with Gasteiger partial charge in [0.2, 0.25) is 5.89 Å². The molecule has 2 aromatic rings. The van der Waals surface area contributed by atoms with Gasteiger partial charge in [0.1, 0.15) is 11.5 Å². The Balaban J connectivity index is 2.47. The van der Waals surface area contributed by atoms with E-state index in [1.54, 1.807) is 10.9 Å². The average molecular weight is 192 g/mol. The molecule has 0 spiro atoms. The molecular formula is C9H12N4O. The quantitative estimate of drug-likeness (QED) is 0.765. The Kier molecular flexibility index (Phi) is 2.09. The highest BCUT2D eigenvalue weighted by atomic mass is 16.4. The van der Waals surface area contributed by atoms with E-state index in [0.29, 0.717) is 12.4 Å². The van der Waals surface area contributed by atoms with Crippen LogP contribution < -0.4 is 5.73 Å². The van der Waals surface area contributed by atoms with Gasteiger partial charge in [0, 0.05) is 13.2 Å². The van der Waals surface area contributed by atoms with E-state index in [0.717, 1.165) is 17.1 Å². The molecule has 2 aromatic heterocycles. The molecule has 0 amide bonds. The molecule has 74 valence electrons. The zero-order valence-electron chi connectivity index (χ0n) is 8.19. The first-order valence-electron chi connectivity index (χ1n) is 4.37. The Morgan fingerprint density at radius 1 is 1.57 bits per heavy atom. The van der Waals surface area contributed by atoms with E-state index in [1.807, 2.05) is 20.0 Å². The smallest absolute Gasteiger partial charge is 0.245 e. The van der Waals surface area contributed by atoms with E-state index in [1.165, 1.54) is 0 Å². The molecule has 5 heteroatoms. The van der Waals surface area contributed by atoms with Crippen molar-refractivity contribution >= 4 is 0 Å². The van der Waals surface area contributed by atoms with Gasteiger partial charge in [-0.3, -0.25) is 4.68 Å². The molecule has 0 unspecified atom stereocenters. The Morgan fingerprint density at radius 3 is 2.86 bits per heavy atom. The lowest BCUT2D eigenvalue weighted by Gasteiger charge is -1.94. The monoisotopic (exact) mass is 192 g/mol. The maximum Gasteiger partial charge on any atom is 0.245 e. The summed E-state index contributed by atoms with van der Waals surface area (Å²) in [5, 5.41) is 4.04. The molecule has 0 bridgehead atoms. The number of aromatic nitrogens is 3. The van der Waals surface area contributed by atoms with Crippen molar-refractivity contribution in [3.63, 3.8) is 0 Å². The zero-order valence-corrected chi connectivity index (χ0v) is 8.19. The van der Waals surface area contributed by atoms with E-state index in [4.69, 9.17) is 10.2 Å². The summed E-state index contributed by atoms with van der Waals surface area (Å²) in [6.45, 7) is 2.25. The van der Waals surface area contributed by atoms with E-state index in [9.17, 15) is 0 Å². The van der Waals surface area contributed by atoms with Crippen LogP contribution in [0.2, 0.25) is 0 Å². The van der Waals surface area contributed by atoms with Crippen molar-refractivity contribution < 1.29 is 4.42 Å². The van der Waals surface area contributed by atoms with Crippen molar-refractivity contribution in [3.8, 4) is 11.6 Å². The highest BCUT2D eigenvalue weighted by molar-refractivity contribution is 5.47. The minimum absolute atomic E-state index is 0.372. The number of nitrogens with zero attached hydrogens (tertiary/aromatic N) is 3. The summed E-state index contributed by atoms with van der Waals surface area (Å²) >= 11 is 0. The topological polar surface area (TPSA) is 69.9 Å². The Hall–Kier alpha value is -1.62. The van der Waals surface area contributed by atoms with E-state index in [2.05, 4.69) is 10.1 Å². The van der Waals surface area contributed by atoms with Crippen molar-refractivity contribution in [3.05, 3.63) is 23.7 Å². The third-order valence-electron chi connectivity index (χ3n) is 2.12. The van der Waals surface area contributed by atoms with Gasteiger partial charge in [0.15, 0.2) is 0 Å². The average Bonchev–Trinajstić information content (AvgIpc) is 2.71. The minimum Gasteiger partial charge on any atom is -0.438 e. The van der Waals surface area contributed by atoms with Gasteiger partial charge in [0.05, 0.1) is 12.2 Å². The lowest BCUT2D eigenvalue weighted by Crippen LogP contribution is -1.95. The number of nitrogens with two attached hydrogens (primary N) is 1. The zero-order chi connectivity index (χ0) is 10.1. The highest BCUT2D eigenvalue weighted by Gasteiger charge is 2.12. The molecule has 0 fully saturated rings. The van der Waals surface area contributed by atoms with E-state index >= 15 is 0 Å². The second-order valence-electron chi connectivity index (χ2n) is 3.07. The lowest BCUT2D eigenvalue weighted by molar-refractivity contribution is 0.513. The van der Waals surface area contributed by atoms with Gasteiger partial charge in [-0.15, -0.1) is 0 Å². The van der Waals surface area contributed by atoms with Gasteiger partial charge in [0.25, 0.3) is 0 Å². The second-order valence-corrected chi connectivity index (χ2v) is 3.07. The predicted molar refractivity (Wildman–Crippen MR) is 51.3 cm³/mol. The van der Waals surface area contributed by atoms with Crippen LogP contribution in [0.15, 0.2) is 16.7 Å². The van der Waals surface area contributed by atoms with Crippen LogP contribution in [-0.2, 0) is 13.6 Å². The van der Waals surface area contributed by atoms with E-state index in [-0.39, 0.29) is 0 Å². The number of oxazole rings is 1. The fourth-order valence-electron chi connectivity index (χ4n) is 1.31. The first-order chi connectivity index (χ1) is 6.72. The number of hydrogen-bond acceptors (Lipinski definition) is 4. The normalized spacial score (nSPS) is 10.8. The minimum atomic E-state index is 0.372. The van der Waals surface area contributed by atoms with Crippen LogP contribution in [0.25, 0.3) is 11.6 Å². The SMILES string of the molecule is Cc1nc(-c2ccnn2C)oc1CN. The van der Waals surface area contributed by atoms with Crippen molar-refractivity contribution in [2.75, 3.05) is 0 Å². The van der Waals surface area contributed by atoms with Crippen molar-refractivity contribution in [1.29, 1.82) is 0 Å². The third-order valence-corrected chi connectivity index (χ3v) is 2.12. The number of aryl methyl sites for hydroxylation is 2. The van der Waals surface area contributed by atoms with Crippen LogP contribution in [0.1, 0.15) is 11.5 Å². The van der Waals surface area contributed by atoms with Crippen LogP contribution >= 0.6 is 0 Å². The summed E-state index contributed by atoms with van der Waals surface area (Å²) in [4.78, 5) is 4.28. The number of hydrogen-bond donors (Lipinski definition) is 1. The summed E-state index contributed by atoms with van der Waals surface area (Å²) < 4.78 is 7.21. The van der Waals surface area contributed by atoms with Crippen molar-refractivity contribution in [1.82, 2.24) is 14.8 Å². The molecule has 2 rings (SSSR count). The Bertz CT molecular complexity index is 443. The van der Waals surface area contributed by atoms with Crippen LogP contribution in [0.4, 0.5) is 0 Å². The molecule has 0 atom stereocenters. The summed E-state index contributed by atoms with van der Waals surface area (Å²) in [6, 6.07) is 1.85. The van der Waals surface area contributed by atoms with Gasteiger partial charge < -0.3 is 10.2 Å². The van der Waals surface area contributed by atoms with Crippen LogP contribution in [-0.4, -0.2) is 14.8 Å². The van der Waals surface area contributed by atoms with Gasteiger partial charge in [-0.2, -0.15) is 5.10 Å². The second kappa shape index (κ2) is 3.26. The molecule has 0 radical (unpaired) electrons. The lowest BCUT2D eigenvalue weighted by atomic mass is 10.4. The highest BCUT2D eigenvalue weighted by Crippen LogP contribution is 2.20. The molecular weight excluding hydrogens is 180 g/mol. The molecule has 5 nitrogen and oxygen atoms in total. The molecule has 0 aliphatic carbocycles. The van der Waals surface area contributed by atoms with Crippen molar-refractivity contribution in [2.24, 2.45) is 12.8 Å². The first kappa shape index (κ1) is 8.96. The first-order valence-corrected chi connectivity index (χ1v) is 4.37. The largest absolute Gasteiger partial charge is 0.438 e. The molecule has 0 aliphatic rings. The van der Waals surface area contributed by atoms with Crippen LogP contribution in [0, 0.1) is 6.92 Å². The molecule has 14 heavy (non-hydrogen) atoms. The number of rotatable bonds is 2. The Labute approximate surface area is 81.5 Å². The molecule has 0 aromatic carbocycles. The summed E-state index contributed by atoms with van der Waals surface area (Å²) in [5.41, 5.74) is 7.19. The molecule has 0 aliphatic heterocycles.